The minimum atomic E-state index is -0.201. The lowest BCUT2D eigenvalue weighted by Gasteiger charge is -2.18. The number of nitrogens with one attached hydrogen (secondary N) is 1. The zero-order chi connectivity index (χ0) is 11.1. The smallest absolute Gasteiger partial charge is 0.409 e. The standard InChI is InChI=1S/C10H21N3O2/c1-15-10(14)13-7-2-3-9(5-8-13)4-6-12-11/h9,12H,2-8,11H2,1H3. The molecule has 1 unspecified atom stereocenters. The number of hydrogen-bond donors (Lipinski definition) is 2. The van der Waals surface area contributed by atoms with E-state index in [0.717, 1.165) is 38.9 Å². The molecule has 5 heteroatoms. The highest BCUT2D eigenvalue weighted by molar-refractivity contribution is 5.67. The summed E-state index contributed by atoms with van der Waals surface area (Å²) in [5, 5.41) is 0. The number of carbonyl (C=O) groups excluding carboxylic acids is 1. The molecule has 15 heavy (non-hydrogen) atoms. The minimum absolute atomic E-state index is 0.201. The molecule has 1 amide bonds. The summed E-state index contributed by atoms with van der Waals surface area (Å²) in [5.41, 5.74) is 2.68. The predicted octanol–water partition coefficient (Wildman–Crippen LogP) is 0.708. The molecule has 0 aromatic heterocycles. The van der Waals surface area contributed by atoms with Crippen molar-refractivity contribution in [3.05, 3.63) is 0 Å². The van der Waals surface area contributed by atoms with Crippen LogP contribution < -0.4 is 11.3 Å². The SMILES string of the molecule is COC(=O)N1CCCC(CCNN)CC1. The molecule has 3 N–H and O–H groups in total. The van der Waals surface area contributed by atoms with Crippen LogP contribution in [0.25, 0.3) is 0 Å². The van der Waals surface area contributed by atoms with Gasteiger partial charge in [0.25, 0.3) is 0 Å². The van der Waals surface area contributed by atoms with Gasteiger partial charge >= 0.3 is 6.09 Å². The second kappa shape index (κ2) is 6.63. The highest BCUT2D eigenvalue weighted by Crippen LogP contribution is 2.20. The average Bonchev–Trinajstić information content (AvgIpc) is 2.50. The van der Waals surface area contributed by atoms with Crippen LogP contribution in [0, 0.1) is 5.92 Å². The number of nitrogens with zero attached hydrogens (tertiary/aromatic N) is 1. The van der Waals surface area contributed by atoms with Gasteiger partial charge in [0.2, 0.25) is 0 Å². The van der Waals surface area contributed by atoms with Crippen LogP contribution in [-0.2, 0) is 4.74 Å². The first-order valence-corrected chi connectivity index (χ1v) is 5.54. The molecule has 1 fully saturated rings. The van der Waals surface area contributed by atoms with Crippen LogP contribution in [0.2, 0.25) is 0 Å². The maximum absolute atomic E-state index is 11.3. The molecule has 0 spiro atoms. The Bertz CT molecular complexity index is 199. The van der Waals surface area contributed by atoms with Crippen molar-refractivity contribution in [1.82, 2.24) is 10.3 Å². The third-order valence-corrected chi connectivity index (χ3v) is 2.98. The second-order valence-corrected chi connectivity index (χ2v) is 4.00. The molecule has 0 aliphatic carbocycles. The van der Waals surface area contributed by atoms with Crippen molar-refractivity contribution in [3.8, 4) is 0 Å². The zero-order valence-electron chi connectivity index (χ0n) is 9.37. The number of rotatable bonds is 3. The highest BCUT2D eigenvalue weighted by Gasteiger charge is 2.20. The third-order valence-electron chi connectivity index (χ3n) is 2.98. The van der Waals surface area contributed by atoms with Gasteiger partial charge in [0.05, 0.1) is 7.11 Å². The van der Waals surface area contributed by atoms with Crippen LogP contribution in [0.3, 0.4) is 0 Å². The molecule has 0 radical (unpaired) electrons. The topological polar surface area (TPSA) is 67.6 Å². The first-order chi connectivity index (χ1) is 7.27. The Kier molecular flexibility index (Phi) is 5.42. The van der Waals surface area contributed by atoms with Gasteiger partial charge in [-0.25, -0.2) is 4.79 Å². The fraction of sp³-hybridized carbons (Fsp3) is 0.900. The van der Waals surface area contributed by atoms with Gasteiger partial charge in [-0.15, -0.1) is 0 Å². The van der Waals surface area contributed by atoms with Gasteiger partial charge < -0.3 is 9.64 Å². The molecule has 1 atom stereocenters. The summed E-state index contributed by atoms with van der Waals surface area (Å²) in [4.78, 5) is 13.1. The average molecular weight is 215 g/mol. The number of methoxy groups -OCH3 is 1. The van der Waals surface area contributed by atoms with Crippen molar-refractivity contribution in [2.24, 2.45) is 11.8 Å². The van der Waals surface area contributed by atoms with Gasteiger partial charge in [-0.3, -0.25) is 11.3 Å². The molecule has 1 heterocycles. The Balaban J connectivity index is 2.31. The first kappa shape index (κ1) is 12.3. The Labute approximate surface area is 90.9 Å². The van der Waals surface area contributed by atoms with Crippen molar-refractivity contribution in [2.45, 2.75) is 25.7 Å². The molecule has 88 valence electrons. The number of nitrogens with two attached hydrogens (primary N) is 1. The van der Waals surface area contributed by atoms with E-state index in [4.69, 9.17) is 10.6 Å². The summed E-state index contributed by atoms with van der Waals surface area (Å²) in [6, 6.07) is 0. The quantitative estimate of drug-likeness (QED) is 0.537. The summed E-state index contributed by atoms with van der Waals surface area (Å²) in [7, 11) is 1.43. The lowest BCUT2D eigenvalue weighted by Crippen LogP contribution is -2.31. The van der Waals surface area contributed by atoms with Crippen LogP contribution >= 0.6 is 0 Å². The minimum Gasteiger partial charge on any atom is -0.453 e. The van der Waals surface area contributed by atoms with Crippen molar-refractivity contribution in [1.29, 1.82) is 0 Å². The number of amides is 1. The monoisotopic (exact) mass is 215 g/mol. The summed E-state index contributed by atoms with van der Waals surface area (Å²) >= 11 is 0. The number of carbonyl (C=O) groups is 1. The van der Waals surface area contributed by atoms with Crippen molar-refractivity contribution >= 4 is 6.09 Å². The predicted molar refractivity (Wildman–Crippen MR) is 58.1 cm³/mol. The summed E-state index contributed by atoms with van der Waals surface area (Å²) in [5.74, 6) is 5.92. The summed E-state index contributed by atoms with van der Waals surface area (Å²) in [6.45, 7) is 2.48. The summed E-state index contributed by atoms with van der Waals surface area (Å²) in [6.07, 6.45) is 4.18. The van der Waals surface area contributed by atoms with Gasteiger partial charge in [0.1, 0.15) is 0 Å². The molecule has 5 nitrogen and oxygen atoms in total. The van der Waals surface area contributed by atoms with E-state index in [9.17, 15) is 4.79 Å². The van der Waals surface area contributed by atoms with Gasteiger partial charge in [-0.05, 0) is 31.6 Å². The Morgan fingerprint density at radius 3 is 3.00 bits per heavy atom. The van der Waals surface area contributed by atoms with E-state index in [0.29, 0.717) is 5.92 Å². The normalized spacial score (nSPS) is 22.3. The zero-order valence-corrected chi connectivity index (χ0v) is 9.37. The lowest BCUT2D eigenvalue weighted by molar-refractivity contribution is 0.124. The number of likely N-dealkylation sites (tertiary alicyclic amines) is 1. The van der Waals surface area contributed by atoms with Gasteiger partial charge in [0.15, 0.2) is 0 Å². The number of hydrazine groups is 1. The number of hydrogen-bond acceptors (Lipinski definition) is 4. The van der Waals surface area contributed by atoms with Crippen LogP contribution in [0.15, 0.2) is 0 Å². The van der Waals surface area contributed by atoms with Gasteiger partial charge in [0, 0.05) is 19.6 Å². The summed E-state index contributed by atoms with van der Waals surface area (Å²) < 4.78 is 4.72. The third kappa shape index (κ3) is 4.05. The first-order valence-electron chi connectivity index (χ1n) is 5.54. The van der Waals surface area contributed by atoms with E-state index in [1.165, 1.54) is 13.5 Å². The van der Waals surface area contributed by atoms with Gasteiger partial charge in [-0.1, -0.05) is 0 Å². The maximum atomic E-state index is 11.3. The van der Waals surface area contributed by atoms with Gasteiger partial charge in [-0.2, -0.15) is 0 Å². The maximum Gasteiger partial charge on any atom is 0.409 e. The molecular formula is C10H21N3O2. The van der Waals surface area contributed by atoms with E-state index < -0.39 is 0 Å². The second-order valence-electron chi connectivity index (χ2n) is 4.00. The Morgan fingerprint density at radius 1 is 1.53 bits per heavy atom. The van der Waals surface area contributed by atoms with Crippen LogP contribution in [-0.4, -0.2) is 37.7 Å². The van der Waals surface area contributed by atoms with E-state index in [-0.39, 0.29) is 6.09 Å². The molecule has 1 saturated heterocycles. The van der Waals surface area contributed by atoms with Crippen LogP contribution in [0.4, 0.5) is 4.79 Å². The van der Waals surface area contributed by atoms with E-state index >= 15 is 0 Å². The largest absolute Gasteiger partial charge is 0.453 e. The van der Waals surface area contributed by atoms with E-state index in [1.807, 2.05) is 0 Å². The fourth-order valence-electron chi connectivity index (χ4n) is 2.05. The van der Waals surface area contributed by atoms with Crippen molar-refractivity contribution in [3.63, 3.8) is 0 Å². The molecule has 0 aromatic carbocycles. The molecular weight excluding hydrogens is 194 g/mol. The van der Waals surface area contributed by atoms with Crippen molar-refractivity contribution < 1.29 is 9.53 Å². The van der Waals surface area contributed by atoms with E-state index in [2.05, 4.69) is 5.43 Å². The number of ether oxygens (including phenoxy) is 1. The van der Waals surface area contributed by atoms with Crippen LogP contribution in [0.1, 0.15) is 25.7 Å². The lowest BCUT2D eigenvalue weighted by atomic mass is 9.97. The van der Waals surface area contributed by atoms with E-state index in [1.54, 1.807) is 4.90 Å². The molecule has 0 aromatic rings. The molecule has 0 bridgehead atoms. The fourth-order valence-corrected chi connectivity index (χ4v) is 2.05. The Morgan fingerprint density at radius 2 is 2.33 bits per heavy atom. The highest BCUT2D eigenvalue weighted by atomic mass is 16.5. The molecule has 1 aliphatic heterocycles. The Hall–Kier alpha value is -0.810. The molecule has 1 aliphatic rings. The molecule has 0 saturated carbocycles. The van der Waals surface area contributed by atoms with Crippen LogP contribution in [0.5, 0.6) is 0 Å². The molecule has 1 rings (SSSR count). The van der Waals surface area contributed by atoms with Crippen molar-refractivity contribution in [2.75, 3.05) is 26.7 Å².